The van der Waals surface area contributed by atoms with E-state index in [9.17, 15) is 13.2 Å². The molecule has 1 aromatic rings. The first-order valence-electron chi connectivity index (χ1n) is 10.1. The van der Waals surface area contributed by atoms with Crippen LogP contribution >= 0.6 is 24.0 Å². The van der Waals surface area contributed by atoms with Crippen LogP contribution in [0.15, 0.2) is 23.2 Å². The van der Waals surface area contributed by atoms with E-state index >= 15 is 0 Å². The smallest absolute Gasteiger partial charge is 0.378 e. The van der Waals surface area contributed by atoms with Crippen molar-refractivity contribution in [3.63, 3.8) is 0 Å². The lowest BCUT2D eigenvalue weighted by Gasteiger charge is -2.29. The quantitative estimate of drug-likeness (QED) is 0.328. The molecule has 30 heavy (non-hydrogen) atoms. The van der Waals surface area contributed by atoms with Crippen LogP contribution in [0.5, 0.6) is 0 Å². The molecule has 0 bridgehead atoms. The van der Waals surface area contributed by atoms with E-state index in [1.807, 2.05) is 11.8 Å². The third kappa shape index (κ3) is 7.16. The van der Waals surface area contributed by atoms with Gasteiger partial charge < -0.3 is 25.0 Å². The number of rotatable bonds is 6. The topological polar surface area (TPSA) is 58.1 Å². The molecule has 6 nitrogen and oxygen atoms in total. The SMILES string of the molecule is CCNC(=NCc1ccc(N2CCOCC2)cc1C(F)(F)F)NCC1CCCO1.I. The van der Waals surface area contributed by atoms with Crippen LogP contribution in [0, 0.1) is 0 Å². The molecule has 2 fully saturated rings. The van der Waals surface area contributed by atoms with Crippen molar-refractivity contribution in [2.75, 3.05) is 50.9 Å². The largest absolute Gasteiger partial charge is 0.416 e. The summed E-state index contributed by atoms with van der Waals surface area (Å²) >= 11 is 0. The van der Waals surface area contributed by atoms with E-state index < -0.39 is 11.7 Å². The Morgan fingerprint density at radius 3 is 2.60 bits per heavy atom. The molecule has 10 heteroatoms. The number of hydrogen-bond donors (Lipinski definition) is 2. The second kappa shape index (κ2) is 11.9. The van der Waals surface area contributed by atoms with Gasteiger partial charge in [0.15, 0.2) is 5.96 Å². The molecule has 0 spiro atoms. The molecule has 2 heterocycles. The van der Waals surface area contributed by atoms with Crippen LogP contribution in [0.2, 0.25) is 0 Å². The summed E-state index contributed by atoms with van der Waals surface area (Å²) in [7, 11) is 0. The Kier molecular flexibility index (Phi) is 9.95. The number of halogens is 4. The van der Waals surface area contributed by atoms with Crippen molar-refractivity contribution in [1.82, 2.24) is 10.6 Å². The summed E-state index contributed by atoms with van der Waals surface area (Å²) in [6.07, 6.45) is -2.30. The maximum atomic E-state index is 13.7. The Morgan fingerprint density at radius 2 is 1.97 bits per heavy atom. The number of nitrogens with one attached hydrogen (secondary N) is 2. The summed E-state index contributed by atoms with van der Waals surface area (Å²) in [4.78, 5) is 6.28. The molecule has 1 aromatic carbocycles. The van der Waals surface area contributed by atoms with E-state index in [0.717, 1.165) is 19.4 Å². The van der Waals surface area contributed by atoms with Gasteiger partial charge in [-0.2, -0.15) is 13.2 Å². The Morgan fingerprint density at radius 1 is 1.20 bits per heavy atom. The highest BCUT2D eigenvalue weighted by Crippen LogP contribution is 2.35. The van der Waals surface area contributed by atoms with Gasteiger partial charge in [0.1, 0.15) is 0 Å². The van der Waals surface area contributed by atoms with E-state index in [-0.39, 0.29) is 42.2 Å². The number of nitrogens with zero attached hydrogens (tertiary/aromatic N) is 2. The summed E-state index contributed by atoms with van der Waals surface area (Å²) in [5.41, 5.74) is 0.0841. The molecule has 3 rings (SSSR count). The first-order valence-corrected chi connectivity index (χ1v) is 10.1. The molecule has 1 atom stereocenters. The molecule has 0 amide bonds. The number of morpholine rings is 1. The third-order valence-corrected chi connectivity index (χ3v) is 5.05. The third-order valence-electron chi connectivity index (χ3n) is 5.05. The fourth-order valence-corrected chi connectivity index (χ4v) is 3.51. The molecule has 1 unspecified atom stereocenters. The van der Waals surface area contributed by atoms with E-state index in [0.29, 0.717) is 51.0 Å². The summed E-state index contributed by atoms with van der Waals surface area (Å²) in [5.74, 6) is 0.494. The lowest BCUT2D eigenvalue weighted by atomic mass is 10.1. The monoisotopic (exact) mass is 542 g/mol. The number of ether oxygens (including phenoxy) is 2. The van der Waals surface area contributed by atoms with Gasteiger partial charge in [-0.25, -0.2) is 4.99 Å². The first kappa shape index (κ1) is 25.0. The van der Waals surface area contributed by atoms with Crippen molar-refractivity contribution < 1.29 is 22.6 Å². The Bertz CT molecular complexity index is 691. The van der Waals surface area contributed by atoms with Gasteiger partial charge in [0, 0.05) is 38.5 Å². The highest BCUT2D eigenvalue weighted by atomic mass is 127. The van der Waals surface area contributed by atoms with Crippen LogP contribution in [0.25, 0.3) is 0 Å². The molecule has 0 aromatic heterocycles. The zero-order valence-corrected chi connectivity index (χ0v) is 19.5. The standard InChI is InChI=1S/C20H29F3N4O2.HI/c1-2-24-19(26-14-17-4-3-9-29-17)25-13-15-5-6-16(12-18(15)20(21,22)23)27-7-10-28-11-8-27;/h5-6,12,17H,2-4,7-11,13-14H2,1H3,(H2,24,25,26);1H. The second-order valence-electron chi connectivity index (χ2n) is 7.15. The minimum absolute atomic E-state index is 0. The average Bonchev–Trinajstić information content (AvgIpc) is 3.23. The van der Waals surface area contributed by atoms with Gasteiger partial charge in [0.25, 0.3) is 0 Å². The highest BCUT2D eigenvalue weighted by Gasteiger charge is 2.34. The van der Waals surface area contributed by atoms with E-state index in [1.54, 1.807) is 6.07 Å². The molecule has 0 aliphatic carbocycles. The van der Waals surface area contributed by atoms with Crippen LogP contribution in [-0.4, -0.2) is 58.1 Å². The van der Waals surface area contributed by atoms with Gasteiger partial charge in [0.05, 0.1) is 31.4 Å². The van der Waals surface area contributed by atoms with Crippen molar-refractivity contribution in [1.29, 1.82) is 0 Å². The fraction of sp³-hybridized carbons (Fsp3) is 0.650. The lowest BCUT2D eigenvalue weighted by Crippen LogP contribution is -2.41. The average molecular weight is 542 g/mol. The number of guanidine groups is 1. The maximum Gasteiger partial charge on any atom is 0.416 e. The number of aliphatic imine (C=N–C) groups is 1. The highest BCUT2D eigenvalue weighted by molar-refractivity contribution is 14.0. The molecule has 0 radical (unpaired) electrons. The molecule has 2 aliphatic rings. The number of anilines is 1. The van der Waals surface area contributed by atoms with Gasteiger partial charge in [-0.05, 0) is 37.5 Å². The maximum absolute atomic E-state index is 13.7. The van der Waals surface area contributed by atoms with Gasteiger partial charge >= 0.3 is 6.18 Å². The fourth-order valence-electron chi connectivity index (χ4n) is 3.51. The first-order chi connectivity index (χ1) is 14.0. The summed E-state index contributed by atoms with van der Waals surface area (Å²) in [5, 5.41) is 6.24. The molecule has 2 N–H and O–H groups in total. The van der Waals surface area contributed by atoms with Crippen LogP contribution < -0.4 is 15.5 Å². The van der Waals surface area contributed by atoms with Crippen molar-refractivity contribution in [2.45, 2.75) is 38.6 Å². The van der Waals surface area contributed by atoms with Crippen molar-refractivity contribution in [3.05, 3.63) is 29.3 Å². The van der Waals surface area contributed by atoms with Gasteiger partial charge in [0.2, 0.25) is 0 Å². The van der Waals surface area contributed by atoms with E-state index in [4.69, 9.17) is 9.47 Å². The minimum Gasteiger partial charge on any atom is -0.378 e. The molecule has 170 valence electrons. The summed E-state index contributed by atoms with van der Waals surface area (Å²) < 4.78 is 51.9. The Balaban J connectivity index is 0.00000320. The molecule has 2 saturated heterocycles. The van der Waals surface area contributed by atoms with Crippen molar-refractivity contribution >= 4 is 35.6 Å². The minimum atomic E-state index is -4.43. The van der Waals surface area contributed by atoms with Crippen molar-refractivity contribution in [2.24, 2.45) is 4.99 Å². The zero-order chi connectivity index (χ0) is 20.7. The van der Waals surface area contributed by atoms with Gasteiger partial charge in [-0.15, -0.1) is 24.0 Å². The second-order valence-corrected chi connectivity index (χ2v) is 7.15. The van der Waals surface area contributed by atoms with Crippen LogP contribution in [-0.2, 0) is 22.2 Å². The van der Waals surface area contributed by atoms with Crippen LogP contribution in [0.1, 0.15) is 30.9 Å². The zero-order valence-electron chi connectivity index (χ0n) is 17.1. The summed E-state index contributed by atoms with van der Waals surface area (Å²) in [6.45, 7) is 6.06. The number of alkyl halides is 3. The normalized spacial score (nSPS) is 20.1. The predicted octanol–water partition coefficient (Wildman–Crippen LogP) is 3.39. The Labute approximate surface area is 192 Å². The molecule has 0 saturated carbocycles. The van der Waals surface area contributed by atoms with Crippen LogP contribution in [0.3, 0.4) is 0 Å². The molecular weight excluding hydrogens is 512 g/mol. The van der Waals surface area contributed by atoms with E-state index in [1.165, 1.54) is 12.1 Å². The molecular formula is C20H30F3IN4O2. The van der Waals surface area contributed by atoms with Crippen molar-refractivity contribution in [3.8, 4) is 0 Å². The molecule has 2 aliphatic heterocycles. The Hall–Kier alpha value is -1.27. The predicted molar refractivity (Wildman–Crippen MR) is 122 cm³/mol. The van der Waals surface area contributed by atoms with Gasteiger partial charge in [-0.3, -0.25) is 0 Å². The number of hydrogen-bond acceptors (Lipinski definition) is 4. The number of benzene rings is 1. The van der Waals surface area contributed by atoms with Crippen LogP contribution in [0.4, 0.5) is 18.9 Å². The van der Waals surface area contributed by atoms with Gasteiger partial charge in [-0.1, -0.05) is 6.07 Å². The van der Waals surface area contributed by atoms with E-state index in [2.05, 4.69) is 15.6 Å². The lowest BCUT2D eigenvalue weighted by molar-refractivity contribution is -0.138. The summed E-state index contributed by atoms with van der Waals surface area (Å²) in [6, 6.07) is 4.49.